The third-order valence-electron chi connectivity index (χ3n) is 3.30. The van der Waals surface area contributed by atoms with Crippen molar-refractivity contribution < 1.29 is 23.0 Å². The number of rotatable bonds is 8. The van der Waals surface area contributed by atoms with E-state index in [1.807, 2.05) is 18.2 Å². The van der Waals surface area contributed by atoms with Crippen LogP contribution in [0, 0.1) is 0 Å². The van der Waals surface area contributed by atoms with Gasteiger partial charge in [0.05, 0.1) is 20.3 Å². The molecule has 2 aromatic rings. The Bertz CT molecular complexity index is 760. The van der Waals surface area contributed by atoms with Crippen LogP contribution < -0.4 is 25.3 Å². The Hall–Kier alpha value is -2.30. The van der Waals surface area contributed by atoms with Gasteiger partial charge in [-0.25, -0.2) is 4.99 Å². The molecule has 0 aliphatic heterocycles. The van der Waals surface area contributed by atoms with Crippen LogP contribution in [0.3, 0.4) is 0 Å². The summed E-state index contributed by atoms with van der Waals surface area (Å²) in [6, 6.07) is 11.9. The van der Waals surface area contributed by atoms with Crippen LogP contribution in [0.25, 0.3) is 0 Å². The molecule has 0 fully saturated rings. The minimum absolute atomic E-state index is 0. The Morgan fingerprint density at radius 2 is 1.96 bits per heavy atom. The van der Waals surface area contributed by atoms with Gasteiger partial charge in [0.1, 0.15) is 5.75 Å². The van der Waals surface area contributed by atoms with E-state index in [4.69, 9.17) is 15.2 Å². The fourth-order valence-corrected chi connectivity index (χ4v) is 2.18. The average molecular weight is 493 g/mol. The topological polar surface area (TPSA) is 78.1 Å². The lowest BCUT2D eigenvalue weighted by Crippen LogP contribution is -2.22. The molecule has 148 valence electrons. The third-order valence-corrected chi connectivity index (χ3v) is 3.30. The highest BCUT2D eigenvalue weighted by Gasteiger charge is 2.11. The summed E-state index contributed by atoms with van der Waals surface area (Å²) in [4.78, 5) is 4.24. The summed E-state index contributed by atoms with van der Waals surface area (Å²) in [5, 5.41) is 2.96. The molecule has 0 unspecified atom stereocenters. The molecule has 0 aliphatic rings. The van der Waals surface area contributed by atoms with Crippen LogP contribution in [0.1, 0.15) is 12.5 Å². The number of benzene rings is 2. The van der Waals surface area contributed by atoms with Gasteiger partial charge in [0.25, 0.3) is 0 Å². The van der Waals surface area contributed by atoms with Gasteiger partial charge >= 0.3 is 6.61 Å². The molecule has 6 nitrogen and oxygen atoms in total. The number of hydrogen-bond donors (Lipinski definition) is 2. The number of methoxy groups -OCH3 is 1. The summed E-state index contributed by atoms with van der Waals surface area (Å²) in [7, 11) is 1.58. The van der Waals surface area contributed by atoms with Gasteiger partial charge in [-0.3, -0.25) is 0 Å². The van der Waals surface area contributed by atoms with Crippen molar-refractivity contribution in [3.63, 3.8) is 0 Å². The smallest absolute Gasteiger partial charge is 0.387 e. The van der Waals surface area contributed by atoms with Crippen molar-refractivity contribution in [2.45, 2.75) is 20.1 Å². The fraction of sp³-hybridized carbons (Fsp3) is 0.278. The maximum absolute atomic E-state index is 12.4. The Morgan fingerprint density at radius 3 is 2.63 bits per heavy atom. The largest absolute Gasteiger partial charge is 0.497 e. The lowest BCUT2D eigenvalue weighted by molar-refractivity contribution is -0.0514. The summed E-state index contributed by atoms with van der Waals surface area (Å²) in [5.74, 6) is 1.12. The standard InChI is InChI=1S/C18H21F2N3O3.HI/c1-3-25-16-9-12(7-8-15(16)26-17(19)20)11-22-18(21)23-13-5-4-6-14(10-13)24-2;/h4-10,17H,3,11H2,1-2H3,(H3,21,22,23);1H. The monoisotopic (exact) mass is 493 g/mol. The van der Waals surface area contributed by atoms with E-state index in [-0.39, 0.29) is 48.0 Å². The van der Waals surface area contributed by atoms with Gasteiger partial charge in [-0.05, 0) is 36.8 Å². The Balaban J connectivity index is 0.00000364. The predicted octanol–water partition coefficient (Wildman–Crippen LogP) is 4.24. The molecule has 0 radical (unpaired) electrons. The van der Waals surface area contributed by atoms with Crippen molar-refractivity contribution >= 4 is 35.6 Å². The maximum Gasteiger partial charge on any atom is 0.387 e. The number of aliphatic imine (C=N–C) groups is 1. The molecule has 3 N–H and O–H groups in total. The van der Waals surface area contributed by atoms with Crippen molar-refractivity contribution in [2.24, 2.45) is 10.7 Å². The molecule has 0 bridgehead atoms. The molecule has 0 spiro atoms. The van der Waals surface area contributed by atoms with Crippen LogP contribution >= 0.6 is 24.0 Å². The van der Waals surface area contributed by atoms with E-state index >= 15 is 0 Å². The zero-order valence-corrected chi connectivity index (χ0v) is 17.3. The number of anilines is 1. The molecule has 0 aliphatic carbocycles. The summed E-state index contributed by atoms with van der Waals surface area (Å²) in [6.45, 7) is -0.586. The number of guanidine groups is 1. The SMILES string of the molecule is CCOc1cc(CN=C(N)Nc2cccc(OC)c2)ccc1OC(F)F.I. The van der Waals surface area contributed by atoms with E-state index in [0.29, 0.717) is 12.4 Å². The molecule has 0 amide bonds. The lowest BCUT2D eigenvalue weighted by Gasteiger charge is -2.12. The number of halogens is 3. The molecular formula is C18H22F2IN3O3. The minimum atomic E-state index is -2.92. The van der Waals surface area contributed by atoms with Crippen LogP contribution in [0.15, 0.2) is 47.5 Å². The van der Waals surface area contributed by atoms with E-state index in [1.54, 1.807) is 32.2 Å². The zero-order valence-electron chi connectivity index (χ0n) is 14.9. The molecule has 0 atom stereocenters. The summed E-state index contributed by atoms with van der Waals surface area (Å²) < 4.78 is 39.8. The van der Waals surface area contributed by atoms with Gasteiger partial charge < -0.3 is 25.3 Å². The minimum Gasteiger partial charge on any atom is -0.497 e. The number of hydrogen-bond acceptors (Lipinski definition) is 4. The fourth-order valence-electron chi connectivity index (χ4n) is 2.18. The number of ether oxygens (including phenoxy) is 3. The van der Waals surface area contributed by atoms with Crippen molar-refractivity contribution in [2.75, 3.05) is 19.0 Å². The predicted molar refractivity (Wildman–Crippen MR) is 112 cm³/mol. The van der Waals surface area contributed by atoms with Gasteiger partial charge in [-0.1, -0.05) is 12.1 Å². The summed E-state index contributed by atoms with van der Waals surface area (Å²) in [5.41, 5.74) is 7.36. The molecule has 0 aromatic heterocycles. The van der Waals surface area contributed by atoms with Crippen molar-refractivity contribution in [1.82, 2.24) is 0 Å². The highest BCUT2D eigenvalue weighted by atomic mass is 127. The molecule has 0 heterocycles. The molecule has 0 saturated carbocycles. The Labute approximate surface area is 173 Å². The van der Waals surface area contributed by atoms with E-state index in [9.17, 15) is 8.78 Å². The first-order valence-corrected chi connectivity index (χ1v) is 7.93. The molecular weight excluding hydrogens is 471 g/mol. The maximum atomic E-state index is 12.4. The summed E-state index contributed by atoms with van der Waals surface area (Å²) >= 11 is 0. The van der Waals surface area contributed by atoms with Crippen LogP contribution in [-0.4, -0.2) is 26.3 Å². The van der Waals surface area contributed by atoms with Crippen LogP contribution in [-0.2, 0) is 6.54 Å². The number of nitrogens with two attached hydrogens (primary N) is 1. The van der Waals surface area contributed by atoms with E-state index in [1.165, 1.54) is 6.07 Å². The average Bonchev–Trinajstić information content (AvgIpc) is 2.62. The van der Waals surface area contributed by atoms with Gasteiger partial charge in [-0.2, -0.15) is 8.78 Å². The van der Waals surface area contributed by atoms with Crippen LogP contribution in [0.2, 0.25) is 0 Å². The highest BCUT2D eigenvalue weighted by molar-refractivity contribution is 14.0. The van der Waals surface area contributed by atoms with Gasteiger partial charge in [0.2, 0.25) is 0 Å². The van der Waals surface area contributed by atoms with Gasteiger partial charge in [0, 0.05) is 11.8 Å². The third kappa shape index (κ3) is 7.45. The molecule has 9 heteroatoms. The van der Waals surface area contributed by atoms with E-state index in [2.05, 4.69) is 15.0 Å². The Kier molecular flexibility index (Phi) is 9.62. The summed E-state index contributed by atoms with van der Waals surface area (Å²) in [6.07, 6.45) is 0. The normalized spacial score (nSPS) is 10.9. The van der Waals surface area contributed by atoms with Gasteiger partial charge in [-0.15, -0.1) is 24.0 Å². The van der Waals surface area contributed by atoms with Crippen LogP contribution in [0.4, 0.5) is 14.5 Å². The van der Waals surface area contributed by atoms with E-state index in [0.717, 1.165) is 11.3 Å². The molecule has 2 aromatic carbocycles. The quantitative estimate of drug-likeness (QED) is 0.327. The lowest BCUT2D eigenvalue weighted by atomic mass is 10.2. The second-order valence-corrected chi connectivity index (χ2v) is 5.15. The van der Waals surface area contributed by atoms with Crippen LogP contribution in [0.5, 0.6) is 17.2 Å². The number of nitrogens with zero attached hydrogens (tertiary/aromatic N) is 1. The Morgan fingerprint density at radius 1 is 1.19 bits per heavy atom. The first-order chi connectivity index (χ1) is 12.5. The number of nitrogens with one attached hydrogen (secondary N) is 1. The van der Waals surface area contributed by atoms with Crippen molar-refractivity contribution in [3.05, 3.63) is 48.0 Å². The first-order valence-electron chi connectivity index (χ1n) is 7.93. The second-order valence-electron chi connectivity index (χ2n) is 5.15. The molecule has 0 saturated heterocycles. The van der Waals surface area contributed by atoms with Crippen molar-refractivity contribution in [1.29, 1.82) is 0 Å². The highest BCUT2D eigenvalue weighted by Crippen LogP contribution is 2.30. The second kappa shape index (κ2) is 11.4. The van der Waals surface area contributed by atoms with Gasteiger partial charge in [0.15, 0.2) is 17.5 Å². The van der Waals surface area contributed by atoms with E-state index < -0.39 is 6.61 Å². The molecule has 2 rings (SSSR count). The molecule has 27 heavy (non-hydrogen) atoms. The first kappa shape index (κ1) is 22.7. The van der Waals surface area contributed by atoms with Crippen molar-refractivity contribution in [3.8, 4) is 17.2 Å². The zero-order chi connectivity index (χ0) is 18.9. The number of alkyl halides is 2.